The number of H-pyrrole nitrogens is 1. The number of nitrogens with one attached hydrogen (secondary N) is 1. The second-order valence-corrected chi connectivity index (χ2v) is 7.58. The summed E-state index contributed by atoms with van der Waals surface area (Å²) < 4.78 is 0. The lowest BCUT2D eigenvalue weighted by Gasteiger charge is -2.09. The van der Waals surface area contributed by atoms with Crippen LogP contribution in [0.25, 0.3) is 33.7 Å². The van der Waals surface area contributed by atoms with E-state index in [4.69, 9.17) is 11.6 Å². The second kappa shape index (κ2) is 8.46. The number of aromatic amines is 1. The fourth-order valence-electron chi connectivity index (χ4n) is 3.46. The molecule has 6 heteroatoms. The molecule has 32 heavy (non-hydrogen) atoms. The molecule has 0 aliphatic rings. The predicted molar refractivity (Wildman–Crippen MR) is 128 cm³/mol. The van der Waals surface area contributed by atoms with Gasteiger partial charge in [0.2, 0.25) is 0 Å². The summed E-state index contributed by atoms with van der Waals surface area (Å²) in [5.74, 6) is 0.946. The molecule has 1 N–H and O–H groups in total. The molecule has 0 bridgehead atoms. The van der Waals surface area contributed by atoms with Crippen LogP contribution < -0.4 is 0 Å². The number of pyridine rings is 1. The standard InChI is InChI=1S/C26H16ClN5/c27-19-12-10-18(11-13-19)20-14-24(26-30-22-8-4-5-9-23(22)31-26)32-25(21(20)15-28)29-16-17-6-2-1-3-7-17/h1-14,16H,(H,30,31). The van der Waals surface area contributed by atoms with Crippen LogP contribution in [0.4, 0.5) is 5.82 Å². The number of halogens is 1. The van der Waals surface area contributed by atoms with Crippen LogP contribution >= 0.6 is 11.6 Å². The first-order valence-corrected chi connectivity index (χ1v) is 10.3. The molecule has 0 saturated heterocycles. The maximum atomic E-state index is 9.97. The molecule has 0 atom stereocenters. The molecule has 2 aromatic heterocycles. The molecule has 5 rings (SSSR count). The maximum Gasteiger partial charge on any atom is 0.171 e. The molecule has 0 amide bonds. The van der Waals surface area contributed by atoms with E-state index in [2.05, 4.69) is 26.0 Å². The lowest BCUT2D eigenvalue weighted by molar-refractivity contribution is 1.21. The second-order valence-electron chi connectivity index (χ2n) is 7.14. The number of benzene rings is 3. The van der Waals surface area contributed by atoms with Crippen LogP contribution in [0.15, 0.2) is 89.9 Å². The van der Waals surface area contributed by atoms with Crippen LogP contribution in [0.3, 0.4) is 0 Å². The number of hydrogen-bond acceptors (Lipinski definition) is 4. The van der Waals surface area contributed by atoms with Crippen LogP contribution in [0, 0.1) is 11.3 Å². The molecule has 0 saturated carbocycles. The van der Waals surface area contributed by atoms with Gasteiger partial charge < -0.3 is 4.98 Å². The number of aliphatic imine (C=N–C) groups is 1. The topological polar surface area (TPSA) is 77.7 Å². The van der Waals surface area contributed by atoms with Crippen molar-refractivity contribution < 1.29 is 0 Å². The zero-order valence-electron chi connectivity index (χ0n) is 16.8. The number of hydrogen-bond donors (Lipinski definition) is 1. The Labute approximate surface area is 189 Å². The Balaban J connectivity index is 1.71. The quantitative estimate of drug-likeness (QED) is 0.325. The molecule has 5 nitrogen and oxygen atoms in total. The van der Waals surface area contributed by atoms with Gasteiger partial charge >= 0.3 is 0 Å². The van der Waals surface area contributed by atoms with Gasteiger partial charge in [0.1, 0.15) is 17.3 Å². The highest BCUT2D eigenvalue weighted by atomic mass is 35.5. The van der Waals surface area contributed by atoms with E-state index in [1.165, 1.54) is 0 Å². The molecule has 152 valence electrons. The monoisotopic (exact) mass is 433 g/mol. The smallest absolute Gasteiger partial charge is 0.171 e. The summed E-state index contributed by atoms with van der Waals surface area (Å²) in [4.78, 5) is 17.2. The average Bonchev–Trinajstić information content (AvgIpc) is 3.28. The van der Waals surface area contributed by atoms with Gasteiger partial charge in [0.25, 0.3) is 0 Å². The number of rotatable bonds is 4. The molecule has 3 aromatic carbocycles. The highest BCUT2D eigenvalue weighted by molar-refractivity contribution is 6.30. The van der Waals surface area contributed by atoms with Crippen molar-refractivity contribution in [2.45, 2.75) is 0 Å². The predicted octanol–water partition coefficient (Wildman–Crippen LogP) is 6.57. The van der Waals surface area contributed by atoms with Crippen molar-refractivity contribution in [3.8, 4) is 28.7 Å². The van der Waals surface area contributed by atoms with Gasteiger partial charge in [0.05, 0.1) is 11.0 Å². The fraction of sp³-hybridized carbons (Fsp3) is 0. The van der Waals surface area contributed by atoms with Crippen molar-refractivity contribution in [2.24, 2.45) is 4.99 Å². The molecular weight excluding hydrogens is 418 g/mol. The highest BCUT2D eigenvalue weighted by Gasteiger charge is 2.17. The number of imidazole rings is 1. The Kier molecular flexibility index (Phi) is 5.20. The van der Waals surface area contributed by atoms with Crippen LogP contribution in [0.2, 0.25) is 5.02 Å². The van der Waals surface area contributed by atoms with E-state index in [1.807, 2.05) is 72.8 Å². The summed E-state index contributed by atoms with van der Waals surface area (Å²) in [5.41, 5.74) is 5.23. The summed E-state index contributed by atoms with van der Waals surface area (Å²) in [6.45, 7) is 0. The zero-order chi connectivity index (χ0) is 21.9. The minimum absolute atomic E-state index is 0.333. The summed E-state index contributed by atoms with van der Waals surface area (Å²) >= 11 is 6.08. The van der Waals surface area contributed by atoms with Crippen molar-refractivity contribution >= 4 is 34.7 Å². The van der Waals surface area contributed by atoms with Crippen molar-refractivity contribution in [2.75, 3.05) is 0 Å². The molecule has 0 unspecified atom stereocenters. The lowest BCUT2D eigenvalue weighted by atomic mass is 10.00. The average molecular weight is 434 g/mol. The van der Waals surface area contributed by atoms with Crippen LogP contribution in [-0.2, 0) is 0 Å². The van der Waals surface area contributed by atoms with E-state index in [1.54, 1.807) is 18.3 Å². The molecule has 0 aliphatic carbocycles. The van der Waals surface area contributed by atoms with Crippen molar-refractivity contribution in [3.63, 3.8) is 0 Å². The Morgan fingerprint density at radius 3 is 2.41 bits per heavy atom. The van der Waals surface area contributed by atoms with E-state index in [-0.39, 0.29) is 0 Å². The molecule has 2 heterocycles. The maximum absolute atomic E-state index is 9.97. The van der Waals surface area contributed by atoms with Crippen LogP contribution in [0.5, 0.6) is 0 Å². The van der Waals surface area contributed by atoms with Gasteiger partial charge in [-0.1, -0.05) is 66.2 Å². The Bertz CT molecular complexity index is 1450. The fourth-order valence-corrected chi connectivity index (χ4v) is 3.59. The number of para-hydroxylation sites is 2. The number of nitrogens with zero attached hydrogens (tertiary/aromatic N) is 4. The van der Waals surface area contributed by atoms with Gasteiger partial charge in [-0.15, -0.1) is 0 Å². The Hall–Kier alpha value is -4.27. The van der Waals surface area contributed by atoms with Crippen LogP contribution in [0.1, 0.15) is 11.1 Å². The van der Waals surface area contributed by atoms with E-state index >= 15 is 0 Å². The van der Waals surface area contributed by atoms with E-state index in [0.717, 1.165) is 27.7 Å². The first-order valence-electron chi connectivity index (χ1n) is 9.96. The van der Waals surface area contributed by atoms with Crippen LogP contribution in [-0.4, -0.2) is 21.2 Å². The number of aromatic nitrogens is 3. The van der Waals surface area contributed by atoms with E-state index in [0.29, 0.717) is 27.9 Å². The number of nitriles is 1. The van der Waals surface area contributed by atoms with Gasteiger partial charge in [-0.3, -0.25) is 0 Å². The van der Waals surface area contributed by atoms with Crippen molar-refractivity contribution in [1.82, 2.24) is 15.0 Å². The normalized spacial score (nSPS) is 11.1. The molecule has 0 radical (unpaired) electrons. The van der Waals surface area contributed by atoms with Gasteiger partial charge in [0.15, 0.2) is 11.6 Å². The Morgan fingerprint density at radius 1 is 0.906 bits per heavy atom. The largest absolute Gasteiger partial charge is 0.337 e. The third kappa shape index (κ3) is 3.87. The lowest BCUT2D eigenvalue weighted by Crippen LogP contribution is -1.94. The first kappa shape index (κ1) is 19.7. The van der Waals surface area contributed by atoms with Crippen molar-refractivity contribution in [1.29, 1.82) is 5.26 Å². The summed E-state index contributed by atoms with van der Waals surface area (Å²) in [6.07, 6.45) is 1.71. The molecule has 5 aromatic rings. The molecule has 0 aliphatic heterocycles. The summed E-state index contributed by atoms with van der Waals surface area (Å²) in [6, 6.07) is 29.0. The highest BCUT2D eigenvalue weighted by Crippen LogP contribution is 2.34. The van der Waals surface area contributed by atoms with Gasteiger partial charge in [-0.2, -0.15) is 5.26 Å². The van der Waals surface area contributed by atoms with Gasteiger partial charge in [-0.05, 0) is 41.5 Å². The van der Waals surface area contributed by atoms with Gasteiger partial charge in [0, 0.05) is 16.8 Å². The van der Waals surface area contributed by atoms with Crippen molar-refractivity contribution in [3.05, 3.63) is 101 Å². The minimum atomic E-state index is 0.333. The SMILES string of the molecule is N#Cc1c(-c2ccc(Cl)cc2)cc(-c2nc3ccccc3[nH]2)nc1N=Cc1ccccc1. The van der Waals surface area contributed by atoms with Gasteiger partial charge in [-0.25, -0.2) is 15.0 Å². The first-order chi connectivity index (χ1) is 15.7. The number of fused-ring (bicyclic) bond motifs is 1. The molecular formula is C26H16ClN5. The van der Waals surface area contributed by atoms with E-state index in [9.17, 15) is 5.26 Å². The summed E-state index contributed by atoms with van der Waals surface area (Å²) in [5, 5.41) is 10.6. The summed E-state index contributed by atoms with van der Waals surface area (Å²) in [7, 11) is 0. The molecule has 0 fully saturated rings. The third-order valence-corrected chi connectivity index (χ3v) is 5.29. The minimum Gasteiger partial charge on any atom is -0.337 e. The van der Waals surface area contributed by atoms with E-state index < -0.39 is 0 Å². The Morgan fingerprint density at radius 2 is 1.66 bits per heavy atom. The third-order valence-electron chi connectivity index (χ3n) is 5.03. The zero-order valence-corrected chi connectivity index (χ0v) is 17.6. The molecule has 0 spiro atoms.